The fourth-order valence-corrected chi connectivity index (χ4v) is 5.12. The van der Waals surface area contributed by atoms with E-state index in [2.05, 4.69) is 21.0 Å². The Balaban J connectivity index is 1.38. The van der Waals surface area contributed by atoms with E-state index in [1.165, 1.54) is 37.9 Å². The highest BCUT2D eigenvalue weighted by Gasteiger charge is 2.44. The molecule has 1 amide bonds. The number of aromatic nitrogens is 2. The molecule has 0 radical (unpaired) electrons. The summed E-state index contributed by atoms with van der Waals surface area (Å²) in [5.74, 6) is 0.767. The average Bonchev–Trinajstić information content (AvgIpc) is 3.32. The Kier molecular flexibility index (Phi) is 4.37. The molecule has 0 bridgehead atoms. The lowest BCUT2D eigenvalue weighted by Gasteiger charge is -2.45. The van der Waals surface area contributed by atoms with E-state index >= 15 is 0 Å². The molecule has 1 aliphatic carbocycles. The molecule has 24 heavy (non-hydrogen) atoms. The third kappa shape index (κ3) is 2.99. The molecular formula is C19H30N4O. The van der Waals surface area contributed by atoms with Crippen LogP contribution in [0.25, 0.3) is 0 Å². The van der Waals surface area contributed by atoms with Crippen LogP contribution < -0.4 is 0 Å². The van der Waals surface area contributed by atoms with E-state index in [1.54, 1.807) is 0 Å². The van der Waals surface area contributed by atoms with Crippen molar-refractivity contribution < 1.29 is 4.79 Å². The number of aryl methyl sites for hydroxylation is 1. The molecule has 1 spiro atoms. The van der Waals surface area contributed by atoms with Crippen molar-refractivity contribution in [3.05, 3.63) is 18.0 Å². The smallest absolute Gasteiger partial charge is 0.225 e. The number of amides is 1. The van der Waals surface area contributed by atoms with Gasteiger partial charge < -0.3 is 4.90 Å². The molecule has 2 saturated heterocycles. The topological polar surface area (TPSA) is 41.4 Å². The highest BCUT2D eigenvalue weighted by atomic mass is 16.2. The summed E-state index contributed by atoms with van der Waals surface area (Å²) in [5, 5.41) is 4.56. The summed E-state index contributed by atoms with van der Waals surface area (Å²) in [6.45, 7) is 4.03. The molecule has 4 rings (SSSR count). The first-order chi connectivity index (χ1) is 11.7. The van der Waals surface area contributed by atoms with Gasteiger partial charge in [0.2, 0.25) is 5.91 Å². The number of rotatable bonds is 3. The number of hydrogen-bond donors (Lipinski definition) is 0. The number of carbonyl (C=O) groups is 1. The lowest BCUT2D eigenvalue weighted by molar-refractivity contribution is -0.138. The van der Waals surface area contributed by atoms with Gasteiger partial charge in [-0.1, -0.05) is 12.8 Å². The van der Waals surface area contributed by atoms with Crippen molar-refractivity contribution in [3.63, 3.8) is 0 Å². The summed E-state index contributed by atoms with van der Waals surface area (Å²) < 4.78 is 1.89. The normalized spacial score (nSPS) is 25.0. The van der Waals surface area contributed by atoms with Gasteiger partial charge in [0.05, 0.1) is 5.69 Å². The quantitative estimate of drug-likeness (QED) is 0.855. The third-order valence-corrected chi connectivity index (χ3v) is 6.57. The Hall–Kier alpha value is -1.36. The van der Waals surface area contributed by atoms with E-state index in [0.29, 0.717) is 17.4 Å². The van der Waals surface area contributed by atoms with Crippen LogP contribution in [0.1, 0.15) is 57.1 Å². The number of hydrogen-bond acceptors (Lipinski definition) is 3. The molecule has 0 N–H and O–H groups in total. The number of piperidine rings is 1. The van der Waals surface area contributed by atoms with E-state index in [-0.39, 0.29) is 0 Å². The molecule has 1 saturated carbocycles. The van der Waals surface area contributed by atoms with Crippen molar-refractivity contribution in [1.82, 2.24) is 19.6 Å². The Morgan fingerprint density at radius 3 is 2.58 bits per heavy atom. The minimum absolute atomic E-state index is 0.310. The van der Waals surface area contributed by atoms with Gasteiger partial charge in [-0.05, 0) is 51.1 Å². The molecule has 0 atom stereocenters. The van der Waals surface area contributed by atoms with Gasteiger partial charge in [-0.2, -0.15) is 5.10 Å². The highest BCUT2D eigenvalue weighted by Crippen LogP contribution is 2.40. The monoisotopic (exact) mass is 330 g/mol. The second kappa shape index (κ2) is 6.51. The molecule has 1 aromatic heterocycles. The van der Waals surface area contributed by atoms with Crippen molar-refractivity contribution in [2.24, 2.45) is 13.0 Å². The Morgan fingerprint density at radius 1 is 1.17 bits per heavy atom. The second-order valence-corrected chi connectivity index (χ2v) is 8.04. The molecule has 2 aliphatic heterocycles. The van der Waals surface area contributed by atoms with E-state index in [1.807, 2.05) is 17.9 Å². The van der Waals surface area contributed by atoms with Gasteiger partial charge in [-0.15, -0.1) is 0 Å². The predicted molar refractivity (Wildman–Crippen MR) is 93.4 cm³/mol. The van der Waals surface area contributed by atoms with Crippen molar-refractivity contribution in [3.8, 4) is 0 Å². The van der Waals surface area contributed by atoms with Crippen LogP contribution in [0.3, 0.4) is 0 Å². The Morgan fingerprint density at radius 2 is 1.92 bits per heavy atom. The second-order valence-electron chi connectivity index (χ2n) is 8.04. The molecular weight excluding hydrogens is 300 g/mol. The first kappa shape index (κ1) is 16.1. The van der Waals surface area contributed by atoms with Crippen LogP contribution in [-0.4, -0.2) is 50.7 Å². The highest BCUT2D eigenvalue weighted by molar-refractivity contribution is 5.79. The van der Waals surface area contributed by atoms with Crippen molar-refractivity contribution in [2.45, 2.75) is 63.5 Å². The van der Waals surface area contributed by atoms with Crippen LogP contribution in [0.15, 0.2) is 12.3 Å². The van der Waals surface area contributed by atoms with Gasteiger partial charge in [-0.25, -0.2) is 0 Å². The van der Waals surface area contributed by atoms with Gasteiger partial charge in [0.1, 0.15) is 0 Å². The maximum absolute atomic E-state index is 12.7. The fourth-order valence-electron chi connectivity index (χ4n) is 5.12. The summed E-state index contributed by atoms with van der Waals surface area (Å²) >= 11 is 0. The van der Waals surface area contributed by atoms with Crippen molar-refractivity contribution >= 4 is 5.91 Å². The van der Waals surface area contributed by atoms with Gasteiger partial charge >= 0.3 is 0 Å². The zero-order chi connectivity index (χ0) is 16.6. The third-order valence-electron chi connectivity index (χ3n) is 6.57. The van der Waals surface area contributed by atoms with Gasteiger partial charge in [0, 0.05) is 44.3 Å². The predicted octanol–water partition coefficient (Wildman–Crippen LogP) is 2.57. The number of likely N-dealkylation sites (tertiary alicyclic amines) is 2. The molecule has 3 aliphatic rings. The Labute approximate surface area is 145 Å². The van der Waals surface area contributed by atoms with Gasteiger partial charge in [-0.3, -0.25) is 14.4 Å². The average molecular weight is 330 g/mol. The summed E-state index contributed by atoms with van der Waals surface area (Å²) in [4.78, 5) is 17.5. The van der Waals surface area contributed by atoms with E-state index in [0.717, 1.165) is 45.3 Å². The van der Waals surface area contributed by atoms with Crippen LogP contribution in [0.4, 0.5) is 0 Å². The summed E-state index contributed by atoms with van der Waals surface area (Å²) in [5.41, 5.74) is 1.48. The molecule has 132 valence electrons. The number of nitrogens with zero attached hydrogens (tertiary/aromatic N) is 4. The SMILES string of the molecule is Cn1ccc(CN2CCCC23CCN(C(=O)C2CCCC2)CC3)n1. The standard InChI is InChI=1S/C19H30N4O/c1-21-12-7-17(20-21)15-23-11-4-8-19(23)9-13-22(14-10-19)18(24)16-5-2-3-6-16/h7,12,16H,2-6,8-11,13-15H2,1H3. The zero-order valence-electron chi connectivity index (χ0n) is 14.9. The Bertz CT molecular complexity index is 582. The minimum Gasteiger partial charge on any atom is -0.342 e. The van der Waals surface area contributed by atoms with Gasteiger partial charge in [0.15, 0.2) is 0 Å². The number of carbonyl (C=O) groups excluding carboxylic acids is 1. The lowest BCUT2D eigenvalue weighted by Crippen LogP contribution is -2.53. The minimum atomic E-state index is 0.310. The van der Waals surface area contributed by atoms with E-state index in [4.69, 9.17) is 0 Å². The molecule has 3 fully saturated rings. The summed E-state index contributed by atoms with van der Waals surface area (Å²) in [6, 6.07) is 2.13. The maximum Gasteiger partial charge on any atom is 0.225 e. The lowest BCUT2D eigenvalue weighted by atomic mass is 9.84. The zero-order valence-corrected chi connectivity index (χ0v) is 14.9. The van der Waals surface area contributed by atoms with E-state index in [9.17, 15) is 4.79 Å². The maximum atomic E-state index is 12.7. The van der Waals surface area contributed by atoms with Crippen LogP contribution in [0.5, 0.6) is 0 Å². The summed E-state index contributed by atoms with van der Waals surface area (Å²) in [6.07, 6.45) is 11.6. The molecule has 0 aromatic carbocycles. The largest absolute Gasteiger partial charge is 0.342 e. The van der Waals surface area contributed by atoms with Crippen molar-refractivity contribution in [1.29, 1.82) is 0 Å². The van der Waals surface area contributed by atoms with E-state index < -0.39 is 0 Å². The van der Waals surface area contributed by atoms with Crippen LogP contribution in [-0.2, 0) is 18.4 Å². The van der Waals surface area contributed by atoms with Crippen molar-refractivity contribution in [2.75, 3.05) is 19.6 Å². The van der Waals surface area contributed by atoms with Crippen LogP contribution in [0, 0.1) is 5.92 Å². The fraction of sp³-hybridized carbons (Fsp3) is 0.789. The first-order valence-corrected chi connectivity index (χ1v) is 9.69. The summed E-state index contributed by atoms with van der Waals surface area (Å²) in [7, 11) is 1.98. The molecule has 5 heteroatoms. The van der Waals surface area contributed by atoms with Gasteiger partial charge in [0.25, 0.3) is 0 Å². The molecule has 0 unspecified atom stereocenters. The molecule has 5 nitrogen and oxygen atoms in total. The molecule has 3 heterocycles. The first-order valence-electron chi connectivity index (χ1n) is 9.69. The van der Waals surface area contributed by atoms with Crippen LogP contribution >= 0.6 is 0 Å². The molecule has 1 aromatic rings. The van der Waals surface area contributed by atoms with Crippen LogP contribution in [0.2, 0.25) is 0 Å².